The Morgan fingerprint density at radius 3 is 3.08 bits per heavy atom. The topological polar surface area (TPSA) is 69.0 Å². The molecule has 2 aromatic rings. The van der Waals surface area contributed by atoms with Gasteiger partial charge in [-0.2, -0.15) is 5.10 Å². The lowest BCUT2D eigenvalue weighted by molar-refractivity contribution is -0.151. The van der Waals surface area contributed by atoms with Crippen LogP contribution in [0.5, 0.6) is 0 Å². The van der Waals surface area contributed by atoms with Crippen molar-refractivity contribution in [1.82, 2.24) is 19.5 Å². The summed E-state index contributed by atoms with van der Waals surface area (Å²) in [4.78, 5) is 18.7. The van der Waals surface area contributed by atoms with Gasteiger partial charge in [0, 0.05) is 38.5 Å². The van der Waals surface area contributed by atoms with E-state index in [1.165, 1.54) is 0 Å². The fourth-order valence-electron chi connectivity index (χ4n) is 2.92. The Balaban J connectivity index is 1.71. The Morgan fingerprint density at radius 1 is 1.46 bits per heavy atom. The molecule has 1 saturated heterocycles. The van der Waals surface area contributed by atoms with E-state index in [1.54, 1.807) is 31.7 Å². The summed E-state index contributed by atoms with van der Waals surface area (Å²) in [6, 6.07) is 3.94. The van der Waals surface area contributed by atoms with Crippen LogP contribution in [-0.2, 0) is 20.7 Å². The Bertz CT molecular complexity index is 713. The SMILES string of the molecule is COC(C)(C)C(=O)N1CCOC[C@H](Cc2ccc3nccn3n2)C1. The van der Waals surface area contributed by atoms with Crippen LogP contribution in [0.1, 0.15) is 19.5 Å². The number of fused-ring (bicyclic) bond motifs is 1. The summed E-state index contributed by atoms with van der Waals surface area (Å²) in [6.07, 6.45) is 4.32. The van der Waals surface area contributed by atoms with Crippen molar-refractivity contribution in [2.75, 3.05) is 33.4 Å². The molecule has 1 aliphatic rings. The van der Waals surface area contributed by atoms with Crippen LogP contribution in [0.2, 0.25) is 0 Å². The van der Waals surface area contributed by atoms with Gasteiger partial charge in [-0.1, -0.05) is 0 Å². The zero-order chi connectivity index (χ0) is 17.2. The molecule has 1 amide bonds. The Morgan fingerprint density at radius 2 is 2.29 bits per heavy atom. The summed E-state index contributed by atoms with van der Waals surface area (Å²) in [6.45, 7) is 6.01. The lowest BCUT2D eigenvalue weighted by Crippen LogP contribution is -2.48. The second-order valence-corrected chi connectivity index (χ2v) is 6.67. The van der Waals surface area contributed by atoms with Gasteiger partial charge in [0.2, 0.25) is 0 Å². The molecule has 24 heavy (non-hydrogen) atoms. The average Bonchev–Trinajstić information content (AvgIpc) is 2.92. The summed E-state index contributed by atoms with van der Waals surface area (Å²) in [5, 5.41) is 4.57. The van der Waals surface area contributed by atoms with Crippen molar-refractivity contribution in [1.29, 1.82) is 0 Å². The molecule has 1 atom stereocenters. The van der Waals surface area contributed by atoms with Crippen molar-refractivity contribution in [2.24, 2.45) is 5.92 Å². The average molecular weight is 332 g/mol. The zero-order valence-corrected chi connectivity index (χ0v) is 14.4. The number of hydrogen-bond acceptors (Lipinski definition) is 5. The van der Waals surface area contributed by atoms with Crippen LogP contribution in [0, 0.1) is 5.92 Å². The van der Waals surface area contributed by atoms with Crippen LogP contribution in [-0.4, -0.2) is 64.4 Å². The van der Waals surface area contributed by atoms with Crippen LogP contribution in [0.4, 0.5) is 0 Å². The largest absolute Gasteiger partial charge is 0.379 e. The summed E-state index contributed by atoms with van der Waals surface area (Å²) >= 11 is 0. The van der Waals surface area contributed by atoms with Crippen LogP contribution >= 0.6 is 0 Å². The first-order chi connectivity index (χ1) is 11.5. The van der Waals surface area contributed by atoms with Gasteiger partial charge in [-0.05, 0) is 32.4 Å². The number of methoxy groups -OCH3 is 1. The summed E-state index contributed by atoms with van der Waals surface area (Å²) < 4.78 is 12.8. The third-order valence-corrected chi connectivity index (χ3v) is 4.46. The van der Waals surface area contributed by atoms with E-state index < -0.39 is 5.60 Å². The number of amides is 1. The molecular formula is C17H24N4O3. The molecule has 0 saturated carbocycles. The highest BCUT2D eigenvalue weighted by molar-refractivity contribution is 5.84. The van der Waals surface area contributed by atoms with Gasteiger partial charge in [-0.15, -0.1) is 0 Å². The molecule has 3 heterocycles. The smallest absolute Gasteiger partial charge is 0.254 e. The van der Waals surface area contributed by atoms with E-state index in [0.29, 0.717) is 26.3 Å². The highest BCUT2D eigenvalue weighted by Gasteiger charge is 2.34. The van der Waals surface area contributed by atoms with Crippen LogP contribution in [0.15, 0.2) is 24.5 Å². The highest BCUT2D eigenvalue weighted by atomic mass is 16.5. The number of rotatable bonds is 4. The fraction of sp³-hybridized carbons (Fsp3) is 0.588. The number of carbonyl (C=O) groups excluding carboxylic acids is 1. The van der Waals surface area contributed by atoms with Gasteiger partial charge in [-0.3, -0.25) is 4.79 Å². The van der Waals surface area contributed by atoms with E-state index in [0.717, 1.165) is 17.8 Å². The van der Waals surface area contributed by atoms with E-state index in [1.807, 2.05) is 23.2 Å². The molecular weight excluding hydrogens is 308 g/mol. The number of carbonyl (C=O) groups is 1. The molecule has 7 heteroatoms. The third kappa shape index (κ3) is 3.57. The first-order valence-corrected chi connectivity index (χ1v) is 8.21. The lowest BCUT2D eigenvalue weighted by atomic mass is 10.0. The van der Waals surface area contributed by atoms with Crippen LogP contribution < -0.4 is 0 Å². The number of imidazole rings is 1. The van der Waals surface area contributed by atoms with Crippen molar-refractivity contribution in [3.05, 3.63) is 30.2 Å². The van der Waals surface area contributed by atoms with E-state index >= 15 is 0 Å². The van der Waals surface area contributed by atoms with Crippen LogP contribution in [0.25, 0.3) is 5.65 Å². The quantitative estimate of drug-likeness (QED) is 0.841. The van der Waals surface area contributed by atoms with E-state index in [2.05, 4.69) is 10.1 Å². The van der Waals surface area contributed by atoms with Crippen molar-refractivity contribution in [3.8, 4) is 0 Å². The number of ether oxygens (including phenoxy) is 2. The minimum Gasteiger partial charge on any atom is -0.379 e. The molecule has 0 aromatic carbocycles. The van der Waals surface area contributed by atoms with Gasteiger partial charge in [0.05, 0.1) is 18.9 Å². The molecule has 7 nitrogen and oxygen atoms in total. The first-order valence-electron chi connectivity index (χ1n) is 8.21. The van der Waals surface area contributed by atoms with Gasteiger partial charge in [0.1, 0.15) is 5.60 Å². The van der Waals surface area contributed by atoms with E-state index in [-0.39, 0.29) is 11.8 Å². The molecule has 1 aliphatic heterocycles. The highest BCUT2D eigenvalue weighted by Crippen LogP contribution is 2.18. The van der Waals surface area contributed by atoms with Crippen molar-refractivity contribution in [3.63, 3.8) is 0 Å². The molecule has 0 unspecified atom stereocenters. The van der Waals surface area contributed by atoms with Crippen molar-refractivity contribution >= 4 is 11.6 Å². The van der Waals surface area contributed by atoms with Crippen molar-refractivity contribution < 1.29 is 14.3 Å². The minimum atomic E-state index is -0.817. The van der Waals surface area contributed by atoms with Gasteiger partial charge in [-0.25, -0.2) is 9.50 Å². The first kappa shape index (κ1) is 16.9. The number of nitrogens with zero attached hydrogens (tertiary/aromatic N) is 4. The molecule has 0 N–H and O–H groups in total. The summed E-state index contributed by atoms with van der Waals surface area (Å²) in [7, 11) is 1.56. The van der Waals surface area contributed by atoms with Gasteiger partial charge in [0.25, 0.3) is 5.91 Å². The van der Waals surface area contributed by atoms with Gasteiger partial charge < -0.3 is 14.4 Å². The third-order valence-electron chi connectivity index (χ3n) is 4.46. The molecule has 130 valence electrons. The fourth-order valence-corrected chi connectivity index (χ4v) is 2.92. The van der Waals surface area contributed by atoms with Gasteiger partial charge in [0.15, 0.2) is 5.65 Å². The second-order valence-electron chi connectivity index (χ2n) is 6.67. The predicted octanol–water partition coefficient (Wildman–Crippen LogP) is 1.17. The minimum absolute atomic E-state index is 0.00137. The van der Waals surface area contributed by atoms with Gasteiger partial charge >= 0.3 is 0 Å². The molecule has 0 bridgehead atoms. The van der Waals surface area contributed by atoms with E-state index in [4.69, 9.17) is 9.47 Å². The maximum Gasteiger partial charge on any atom is 0.254 e. The zero-order valence-electron chi connectivity index (χ0n) is 14.4. The van der Waals surface area contributed by atoms with Crippen molar-refractivity contribution in [2.45, 2.75) is 25.9 Å². The Labute approximate surface area is 141 Å². The number of aromatic nitrogens is 3. The monoisotopic (exact) mass is 332 g/mol. The molecule has 0 spiro atoms. The predicted molar refractivity (Wildman–Crippen MR) is 88.7 cm³/mol. The lowest BCUT2D eigenvalue weighted by Gasteiger charge is -2.31. The standard InChI is InChI=1S/C17H24N4O3/c1-17(2,23-3)16(22)20-8-9-24-12-13(11-20)10-14-4-5-15-18-6-7-21(15)19-14/h4-7,13H,8-12H2,1-3H3/t13-/m1/s1. The van der Waals surface area contributed by atoms with Crippen LogP contribution in [0.3, 0.4) is 0 Å². The molecule has 0 radical (unpaired) electrons. The molecule has 3 rings (SSSR count). The normalized spacial score (nSPS) is 19.5. The maximum atomic E-state index is 12.7. The molecule has 1 fully saturated rings. The second kappa shape index (κ2) is 6.86. The maximum absolute atomic E-state index is 12.7. The Hall–Kier alpha value is -1.99. The molecule has 2 aromatic heterocycles. The summed E-state index contributed by atoms with van der Waals surface area (Å²) in [5.41, 5.74) is 0.979. The molecule has 0 aliphatic carbocycles. The summed E-state index contributed by atoms with van der Waals surface area (Å²) in [5.74, 6) is 0.205. The number of hydrogen-bond donors (Lipinski definition) is 0. The Kier molecular flexibility index (Phi) is 4.82. The van der Waals surface area contributed by atoms with E-state index in [9.17, 15) is 4.79 Å².